The second-order valence-electron chi connectivity index (χ2n) is 6.79. The van der Waals surface area contributed by atoms with Gasteiger partial charge in [0.05, 0.1) is 11.6 Å². The molecule has 0 spiro atoms. The molecule has 1 fully saturated rings. The Kier molecular flexibility index (Phi) is 6.28. The van der Waals surface area contributed by atoms with Crippen molar-refractivity contribution in [1.29, 1.82) is 5.26 Å². The van der Waals surface area contributed by atoms with E-state index in [4.69, 9.17) is 5.26 Å². The molecule has 3 rings (SSSR count). The number of nitriles is 1. The van der Waals surface area contributed by atoms with Crippen LogP contribution in [-0.4, -0.2) is 49.4 Å². The number of hydrogen-bond acceptors (Lipinski definition) is 4. The number of nitrogens with zero attached hydrogens (tertiary/aromatic N) is 4. The molecule has 0 radical (unpaired) electrons. The minimum absolute atomic E-state index is 0.0513. The molecular formula is C22H24N4O2. The van der Waals surface area contributed by atoms with Crippen LogP contribution in [0.3, 0.4) is 0 Å². The van der Waals surface area contributed by atoms with Crippen LogP contribution in [0.5, 0.6) is 0 Å². The highest BCUT2D eigenvalue weighted by atomic mass is 16.2. The van der Waals surface area contributed by atoms with Gasteiger partial charge in [-0.25, -0.2) is 0 Å². The molecule has 0 aliphatic carbocycles. The summed E-state index contributed by atoms with van der Waals surface area (Å²) < 4.78 is 0. The van der Waals surface area contributed by atoms with E-state index in [0.29, 0.717) is 30.9 Å². The van der Waals surface area contributed by atoms with E-state index in [0.717, 1.165) is 13.1 Å². The highest BCUT2D eigenvalue weighted by molar-refractivity contribution is 5.92. The van der Waals surface area contributed by atoms with Crippen molar-refractivity contribution in [2.24, 2.45) is 0 Å². The van der Waals surface area contributed by atoms with Gasteiger partial charge in [0.25, 0.3) is 0 Å². The molecule has 2 aromatic carbocycles. The summed E-state index contributed by atoms with van der Waals surface area (Å²) in [7, 11) is 0. The van der Waals surface area contributed by atoms with Crippen LogP contribution in [0.25, 0.3) is 0 Å². The van der Waals surface area contributed by atoms with Crippen LogP contribution in [0, 0.1) is 11.3 Å². The Bertz CT molecular complexity index is 868. The maximum Gasteiger partial charge on any atom is 0.224 e. The van der Waals surface area contributed by atoms with Crippen molar-refractivity contribution < 1.29 is 9.59 Å². The summed E-state index contributed by atoms with van der Waals surface area (Å²) in [6.07, 6.45) is 0.266. The van der Waals surface area contributed by atoms with E-state index in [1.165, 1.54) is 12.6 Å². The van der Waals surface area contributed by atoms with Crippen molar-refractivity contribution in [2.75, 3.05) is 42.5 Å². The summed E-state index contributed by atoms with van der Waals surface area (Å²) >= 11 is 0. The maximum absolute atomic E-state index is 12.6. The minimum Gasteiger partial charge on any atom is -0.368 e. The van der Waals surface area contributed by atoms with E-state index in [9.17, 15) is 9.59 Å². The summed E-state index contributed by atoms with van der Waals surface area (Å²) in [5.74, 6) is -0.0906. The number of benzene rings is 2. The van der Waals surface area contributed by atoms with Gasteiger partial charge in [-0.05, 0) is 30.3 Å². The topological polar surface area (TPSA) is 67.7 Å². The van der Waals surface area contributed by atoms with Crippen molar-refractivity contribution in [1.82, 2.24) is 4.90 Å². The van der Waals surface area contributed by atoms with E-state index >= 15 is 0 Å². The molecule has 0 aromatic heterocycles. The van der Waals surface area contributed by atoms with Gasteiger partial charge in [-0.1, -0.05) is 24.3 Å². The fourth-order valence-electron chi connectivity index (χ4n) is 3.43. The molecule has 2 aromatic rings. The largest absolute Gasteiger partial charge is 0.368 e. The minimum atomic E-state index is -0.142. The second kappa shape index (κ2) is 9.05. The number of hydrogen-bond donors (Lipinski definition) is 0. The van der Waals surface area contributed by atoms with Crippen molar-refractivity contribution >= 4 is 23.2 Å². The van der Waals surface area contributed by atoms with Gasteiger partial charge in [-0.2, -0.15) is 5.26 Å². The average Bonchev–Trinajstić information content (AvgIpc) is 2.74. The number of anilines is 2. The van der Waals surface area contributed by atoms with Crippen molar-refractivity contribution in [3.8, 4) is 6.07 Å². The lowest BCUT2D eigenvalue weighted by molar-refractivity contribution is -0.131. The fourth-order valence-corrected chi connectivity index (χ4v) is 3.43. The van der Waals surface area contributed by atoms with Crippen molar-refractivity contribution in [3.63, 3.8) is 0 Å². The first kappa shape index (κ1) is 19.4. The highest BCUT2D eigenvalue weighted by Crippen LogP contribution is 2.18. The first-order chi connectivity index (χ1) is 13.6. The lowest BCUT2D eigenvalue weighted by Crippen LogP contribution is -2.49. The van der Waals surface area contributed by atoms with E-state index < -0.39 is 0 Å². The third kappa shape index (κ3) is 4.68. The highest BCUT2D eigenvalue weighted by Gasteiger charge is 2.22. The molecule has 144 valence electrons. The molecule has 6 heteroatoms. The number of piperazine rings is 1. The van der Waals surface area contributed by atoms with Gasteiger partial charge in [-0.3, -0.25) is 9.59 Å². The average molecular weight is 376 g/mol. The Morgan fingerprint density at radius 3 is 2.39 bits per heavy atom. The normalized spacial score (nSPS) is 13.7. The Balaban J connectivity index is 1.55. The number of para-hydroxylation sites is 1. The van der Waals surface area contributed by atoms with Crippen LogP contribution in [0.2, 0.25) is 0 Å². The molecule has 0 saturated carbocycles. The number of carbonyl (C=O) groups is 2. The van der Waals surface area contributed by atoms with Crippen LogP contribution in [0.15, 0.2) is 54.6 Å². The molecule has 0 atom stereocenters. The zero-order chi connectivity index (χ0) is 19.9. The quantitative estimate of drug-likeness (QED) is 0.805. The van der Waals surface area contributed by atoms with Gasteiger partial charge in [0.15, 0.2) is 0 Å². The fraction of sp³-hybridized carbons (Fsp3) is 0.318. The summed E-state index contributed by atoms with van der Waals surface area (Å²) in [6, 6.07) is 19.2. The van der Waals surface area contributed by atoms with Gasteiger partial charge in [0.2, 0.25) is 11.8 Å². The Morgan fingerprint density at radius 2 is 1.75 bits per heavy atom. The second-order valence-corrected chi connectivity index (χ2v) is 6.79. The van der Waals surface area contributed by atoms with Crippen LogP contribution >= 0.6 is 0 Å². The molecule has 1 saturated heterocycles. The van der Waals surface area contributed by atoms with E-state index in [1.54, 1.807) is 29.2 Å². The van der Waals surface area contributed by atoms with E-state index in [-0.39, 0.29) is 18.2 Å². The molecule has 1 heterocycles. The third-order valence-corrected chi connectivity index (χ3v) is 4.97. The van der Waals surface area contributed by atoms with E-state index in [1.807, 2.05) is 23.1 Å². The Hall–Kier alpha value is -3.33. The SMILES string of the molecule is CC(=O)N(CCC(=O)N1CCN(c2ccccc2)CC1)c1cccc(C#N)c1. The molecule has 0 N–H and O–H groups in total. The number of carbonyl (C=O) groups excluding carboxylic acids is 2. The van der Waals surface area contributed by atoms with Gasteiger partial charge in [0, 0.05) is 57.4 Å². The lowest BCUT2D eigenvalue weighted by atomic mass is 10.2. The Morgan fingerprint density at radius 1 is 1.04 bits per heavy atom. The predicted octanol–water partition coefficient (Wildman–Crippen LogP) is 2.65. The van der Waals surface area contributed by atoms with Crippen LogP contribution in [0.1, 0.15) is 18.9 Å². The number of rotatable bonds is 5. The molecular weight excluding hydrogens is 352 g/mol. The molecule has 28 heavy (non-hydrogen) atoms. The Labute approximate surface area is 165 Å². The predicted molar refractivity (Wildman–Crippen MR) is 109 cm³/mol. The van der Waals surface area contributed by atoms with Gasteiger partial charge >= 0.3 is 0 Å². The molecule has 0 unspecified atom stereocenters. The van der Waals surface area contributed by atoms with Crippen LogP contribution in [0.4, 0.5) is 11.4 Å². The standard InChI is InChI=1S/C22H24N4O2/c1-18(27)26(21-9-5-6-19(16-21)17-23)11-10-22(28)25-14-12-24(13-15-25)20-7-3-2-4-8-20/h2-9,16H,10-15H2,1H3. The molecule has 0 bridgehead atoms. The zero-order valence-corrected chi connectivity index (χ0v) is 16.0. The van der Waals surface area contributed by atoms with Crippen LogP contribution in [-0.2, 0) is 9.59 Å². The smallest absolute Gasteiger partial charge is 0.224 e. The summed E-state index contributed by atoms with van der Waals surface area (Å²) in [4.78, 5) is 30.4. The first-order valence-electron chi connectivity index (χ1n) is 9.44. The number of amides is 2. The van der Waals surface area contributed by atoms with E-state index in [2.05, 4.69) is 23.1 Å². The lowest BCUT2D eigenvalue weighted by Gasteiger charge is -2.36. The summed E-state index contributed by atoms with van der Waals surface area (Å²) in [5.41, 5.74) is 2.31. The molecule has 1 aliphatic heterocycles. The van der Waals surface area contributed by atoms with Crippen molar-refractivity contribution in [3.05, 3.63) is 60.2 Å². The first-order valence-corrected chi connectivity index (χ1v) is 9.44. The van der Waals surface area contributed by atoms with Crippen LogP contribution < -0.4 is 9.80 Å². The van der Waals surface area contributed by atoms with Gasteiger partial charge < -0.3 is 14.7 Å². The van der Waals surface area contributed by atoms with Gasteiger partial charge in [0.1, 0.15) is 0 Å². The zero-order valence-electron chi connectivity index (χ0n) is 16.0. The van der Waals surface area contributed by atoms with Gasteiger partial charge in [-0.15, -0.1) is 0 Å². The maximum atomic E-state index is 12.6. The summed E-state index contributed by atoms with van der Waals surface area (Å²) in [6.45, 7) is 4.74. The van der Waals surface area contributed by atoms with Crippen molar-refractivity contribution in [2.45, 2.75) is 13.3 Å². The molecule has 6 nitrogen and oxygen atoms in total. The third-order valence-electron chi connectivity index (χ3n) is 4.97. The summed E-state index contributed by atoms with van der Waals surface area (Å²) in [5, 5.41) is 9.06. The molecule has 1 aliphatic rings. The molecule has 2 amide bonds. The monoisotopic (exact) mass is 376 g/mol.